The minimum Gasteiger partial charge on any atom is -0.311 e. The van der Waals surface area contributed by atoms with Crippen LogP contribution in [0, 0.1) is 10.1 Å². The van der Waals surface area contributed by atoms with Gasteiger partial charge in [0.05, 0.1) is 16.0 Å². The lowest BCUT2D eigenvalue weighted by molar-refractivity contribution is -0.385. The van der Waals surface area contributed by atoms with E-state index in [1.165, 1.54) is 18.2 Å². The molecule has 0 aromatic heterocycles. The Balaban J connectivity index is 2.48. The van der Waals surface area contributed by atoms with Crippen molar-refractivity contribution in [2.24, 2.45) is 0 Å². The van der Waals surface area contributed by atoms with Crippen LogP contribution in [0.5, 0.6) is 0 Å². The third-order valence-electron chi connectivity index (χ3n) is 4.49. The van der Waals surface area contributed by atoms with Gasteiger partial charge < -0.3 is 10.4 Å². The predicted octanol–water partition coefficient (Wildman–Crippen LogP) is 2.55. The second kappa shape index (κ2) is 4.49. The van der Waals surface area contributed by atoms with Crippen LogP contribution in [0.3, 0.4) is 0 Å². The highest BCUT2D eigenvalue weighted by Crippen LogP contribution is 2.47. The summed E-state index contributed by atoms with van der Waals surface area (Å²) in [5, 5.41) is 33.6. The molecular formula is C13H19N3O4. The van der Waals surface area contributed by atoms with E-state index in [1.54, 1.807) is 33.8 Å². The molecule has 1 fully saturated rings. The maximum absolute atomic E-state index is 10.8. The lowest BCUT2D eigenvalue weighted by Crippen LogP contribution is -2.52. The van der Waals surface area contributed by atoms with Crippen molar-refractivity contribution in [2.45, 2.75) is 44.9 Å². The number of hydrogen-bond acceptors (Lipinski definition) is 6. The summed E-state index contributed by atoms with van der Waals surface area (Å²) >= 11 is 0. The zero-order valence-corrected chi connectivity index (χ0v) is 11.9. The second-order valence-corrected chi connectivity index (χ2v) is 6.03. The van der Waals surface area contributed by atoms with E-state index in [1.807, 2.05) is 0 Å². The molecule has 110 valence electrons. The fourth-order valence-corrected chi connectivity index (χ4v) is 2.36. The van der Waals surface area contributed by atoms with Gasteiger partial charge in [-0.25, -0.2) is 0 Å². The normalized spacial score (nSPS) is 23.1. The van der Waals surface area contributed by atoms with Gasteiger partial charge in [0.2, 0.25) is 0 Å². The van der Waals surface area contributed by atoms with E-state index in [0.717, 1.165) is 10.1 Å². The molecule has 0 unspecified atom stereocenters. The van der Waals surface area contributed by atoms with Gasteiger partial charge in [0.25, 0.3) is 5.69 Å². The molecule has 20 heavy (non-hydrogen) atoms. The molecule has 7 nitrogen and oxygen atoms in total. The number of nitro groups is 1. The molecule has 1 aromatic carbocycles. The molecule has 1 saturated heterocycles. The van der Waals surface area contributed by atoms with E-state index in [-0.39, 0.29) is 5.69 Å². The number of hydroxylamine groups is 4. The maximum atomic E-state index is 10.8. The third-order valence-corrected chi connectivity index (χ3v) is 4.49. The van der Waals surface area contributed by atoms with Crippen molar-refractivity contribution in [1.29, 1.82) is 0 Å². The molecule has 0 atom stereocenters. The summed E-state index contributed by atoms with van der Waals surface area (Å²) in [6, 6.07) is 5.90. The molecular weight excluding hydrogens is 262 g/mol. The number of non-ortho nitro benzene ring substituents is 1. The zero-order valence-electron chi connectivity index (χ0n) is 11.9. The van der Waals surface area contributed by atoms with Gasteiger partial charge in [-0.1, -0.05) is 12.1 Å². The minimum atomic E-state index is -0.847. The molecule has 1 heterocycles. The molecule has 1 aliphatic rings. The SMILES string of the molecule is CC1(C)N(O)C(c2cccc([N+](=O)[O-])c2)N(O)C1(C)C. The van der Waals surface area contributed by atoms with Gasteiger partial charge in [-0.15, -0.1) is 0 Å². The lowest BCUT2D eigenvalue weighted by atomic mass is 9.84. The Bertz CT molecular complexity index is 524. The van der Waals surface area contributed by atoms with E-state index in [0.29, 0.717) is 5.56 Å². The summed E-state index contributed by atoms with van der Waals surface area (Å²) in [4.78, 5) is 10.3. The molecule has 0 bridgehead atoms. The maximum Gasteiger partial charge on any atom is 0.269 e. The Morgan fingerprint density at radius 2 is 1.65 bits per heavy atom. The first kappa shape index (κ1) is 14.9. The first-order valence-corrected chi connectivity index (χ1v) is 6.31. The standard InChI is InChI=1S/C13H19N3O4/c1-12(2)13(3,4)15(18)11(14(12)17)9-6-5-7-10(8-9)16(19)20/h5-8,11,17-18H,1-4H3. The van der Waals surface area contributed by atoms with E-state index < -0.39 is 22.2 Å². The molecule has 0 saturated carbocycles. The van der Waals surface area contributed by atoms with Crippen molar-refractivity contribution >= 4 is 5.69 Å². The van der Waals surface area contributed by atoms with Gasteiger partial charge in [0.1, 0.15) is 6.17 Å². The fourth-order valence-electron chi connectivity index (χ4n) is 2.36. The van der Waals surface area contributed by atoms with Crippen LogP contribution >= 0.6 is 0 Å². The molecule has 7 heteroatoms. The van der Waals surface area contributed by atoms with Gasteiger partial charge in [0.15, 0.2) is 0 Å². The number of hydrogen-bond donors (Lipinski definition) is 2. The number of nitro benzene ring substituents is 1. The molecule has 2 rings (SSSR count). The van der Waals surface area contributed by atoms with Crippen LogP contribution in [0.15, 0.2) is 24.3 Å². The average Bonchev–Trinajstić information content (AvgIpc) is 2.49. The van der Waals surface area contributed by atoms with Crippen molar-refractivity contribution in [1.82, 2.24) is 10.1 Å². The van der Waals surface area contributed by atoms with E-state index >= 15 is 0 Å². The molecule has 0 radical (unpaired) electrons. The molecule has 0 aliphatic carbocycles. The second-order valence-electron chi connectivity index (χ2n) is 6.03. The molecule has 1 aromatic rings. The molecule has 2 N–H and O–H groups in total. The third kappa shape index (κ3) is 1.90. The summed E-state index contributed by atoms with van der Waals surface area (Å²) in [7, 11) is 0. The number of rotatable bonds is 2. The van der Waals surface area contributed by atoms with Crippen molar-refractivity contribution in [3.63, 3.8) is 0 Å². The molecule has 0 spiro atoms. The van der Waals surface area contributed by atoms with Crippen LogP contribution in [-0.4, -0.2) is 36.5 Å². The van der Waals surface area contributed by atoms with Gasteiger partial charge in [-0.05, 0) is 33.3 Å². The summed E-state index contributed by atoms with van der Waals surface area (Å²) in [6.07, 6.45) is -0.847. The highest BCUT2D eigenvalue weighted by Gasteiger charge is 2.58. The lowest BCUT2D eigenvalue weighted by Gasteiger charge is -2.37. The van der Waals surface area contributed by atoms with Gasteiger partial charge in [0, 0.05) is 12.1 Å². The first-order chi connectivity index (χ1) is 9.10. The Morgan fingerprint density at radius 1 is 1.15 bits per heavy atom. The minimum absolute atomic E-state index is 0.0770. The number of benzene rings is 1. The summed E-state index contributed by atoms with van der Waals surface area (Å²) in [5.74, 6) is 0. The highest BCUT2D eigenvalue weighted by atomic mass is 16.6. The van der Waals surface area contributed by atoms with Crippen molar-refractivity contribution < 1.29 is 15.3 Å². The fraction of sp³-hybridized carbons (Fsp3) is 0.538. The van der Waals surface area contributed by atoms with E-state index in [9.17, 15) is 20.5 Å². The summed E-state index contributed by atoms with van der Waals surface area (Å²) in [6.45, 7) is 7.20. The zero-order chi connectivity index (χ0) is 15.3. The Labute approximate surface area is 117 Å². The Hall–Kier alpha value is -1.54. The van der Waals surface area contributed by atoms with E-state index in [4.69, 9.17) is 0 Å². The smallest absolute Gasteiger partial charge is 0.269 e. The predicted molar refractivity (Wildman–Crippen MR) is 71.2 cm³/mol. The Kier molecular flexibility index (Phi) is 3.34. The van der Waals surface area contributed by atoms with Crippen LogP contribution in [0.2, 0.25) is 0 Å². The van der Waals surface area contributed by atoms with Crippen molar-refractivity contribution in [3.8, 4) is 0 Å². The quantitative estimate of drug-likeness (QED) is 0.639. The molecule has 0 amide bonds. The van der Waals surface area contributed by atoms with Crippen molar-refractivity contribution in [2.75, 3.05) is 0 Å². The van der Waals surface area contributed by atoms with Crippen molar-refractivity contribution in [3.05, 3.63) is 39.9 Å². The monoisotopic (exact) mass is 281 g/mol. The summed E-state index contributed by atoms with van der Waals surface area (Å²) in [5.41, 5.74) is -1.07. The van der Waals surface area contributed by atoms with Crippen LogP contribution in [0.4, 0.5) is 5.69 Å². The van der Waals surface area contributed by atoms with Gasteiger partial charge in [-0.3, -0.25) is 10.1 Å². The first-order valence-electron chi connectivity index (χ1n) is 6.31. The largest absolute Gasteiger partial charge is 0.311 e. The van der Waals surface area contributed by atoms with Crippen LogP contribution in [0.25, 0.3) is 0 Å². The van der Waals surface area contributed by atoms with Crippen LogP contribution in [-0.2, 0) is 0 Å². The van der Waals surface area contributed by atoms with Gasteiger partial charge >= 0.3 is 0 Å². The highest BCUT2D eigenvalue weighted by molar-refractivity contribution is 5.36. The van der Waals surface area contributed by atoms with E-state index in [2.05, 4.69) is 0 Å². The Morgan fingerprint density at radius 3 is 2.10 bits per heavy atom. The van der Waals surface area contributed by atoms with Crippen LogP contribution < -0.4 is 0 Å². The summed E-state index contributed by atoms with van der Waals surface area (Å²) < 4.78 is 0. The number of nitrogens with zero attached hydrogens (tertiary/aromatic N) is 3. The van der Waals surface area contributed by atoms with Crippen LogP contribution in [0.1, 0.15) is 39.4 Å². The topological polar surface area (TPSA) is 90.1 Å². The van der Waals surface area contributed by atoms with Gasteiger partial charge in [-0.2, -0.15) is 10.1 Å². The molecule has 1 aliphatic heterocycles. The average molecular weight is 281 g/mol.